The van der Waals surface area contributed by atoms with Crippen LogP contribution in [0.5, 0.6) is 0 Å². The van der Waals surface area contributed by atoms with Crippen molar-refractivity contribution in [2.45, 2.75) is 38.1 Å². The molecular weight excluding hydrogens is 269 g/mol. The van der Waals surface area contributed by atoms with Crippen molar-refractivity contribution in [2.24, 2.45) is 0 Å². The lowest BCUT2D eigenvalue weighted by molar-refractivity contribution is 0.0730. The first kappa shape index (κ1) is 15.5. The van der Waals surface area contributed by atoms with E-state index in [9.17, 15) is 9.18 Å². The molecule has 0 unspecified atom stereocenters. The molecule has 0 atom stereocenters. The number of amides is 1. The SMILES string of the molecule is CN(C(=O)c1ccc(C#CCCO)cc1F)C1CCCC1. The van der Waals surface area contributed by atoms with Crippen molar-refractivity contribution < 1.29 is 14.3 Å². The molecule has 1 aliphatic rings. The maximum Gasteiger partial charge on any atom is 0.256 e. The van der Waals surface area contributed by atoms with E-state index in [0.29, 0.717) is 12.0 Å². The number of halogens is 1. The summed E-state index contributed by atoms with van der Waals surface area (Å²) in [5.41, 5.74) is 0.609. The van der Waals surface area contributed by atoms with Gasteiger partial charge in [-0.2, -0.15) is 0 Å². The minimum Gasteiger partial charge on any atom is -0.395 e. The second-order valence-corrected chi connectivity index (χ2v) is 5.32. The Morgan fingerprint density at radius 1 is 1.43 bits per heavy atom. The minimum absolute atomic E-state index is 0.0156. The van der Waals surface area contributed by atoms with Crippen molar-refractivity contribution in [1.82, 2.24) is 4.90 Å². The summed E-state index contributed by atoms with van der Waals surface area (Å²) >= 11 is 0. The van der Waals surface area contributed by atoms with Gasteiger partial charge in [-0.15, -0.1) is 0 Å². The highest BCUT2D eigenvalue weighted by atomic mass is 19.1. The second kappa shape index (κ2) is 7.24. The number of benzene rings is 1. The Labute approximate surface area is 124 Å². The highest BCUT2D eigenvalue weighted by Crippen LogP contribution is 2.24. The maximum absolute atomic E-state index is 14.1. The van der Waals surface area contributed by atoms with Gasteiger partial charge in [0.2, 0.25) is 0 Å². The number of carbonyl (C=O) groups excluding carboxylic acids is 1. The van der Waals surface area contributed by atoms with Gasteiger partial charge < -0.3 is 10.0 Å². The van der Waals surface area contributed by atoms with Gasteiger partial charge in [-0.3, -0.25) is 4.79 Å². The first-order valence-corrected chi connectivity index (χ1v) is 7.30. The summed E-state index contributed by atoms with van der Waals surface area (Å²) in [5, 5.41) is 8.65. The van der Waals surface area contributed by atoms with Crippen LogP contribution in [-0.2, 0) is 0 Å². The van der Waals surface area contributed by atoms with Crippen LogP contribution in [0.15, 0.2) is 18.2 Å². The molecule has 3 nitrogen and oxygen atoms in total. The van der Waals surface area contributed by atoms with E-state index in [1.54, 1.807) is 18.0 Å². The first-order chi connectivity index (χ1) is 10.1. The van der Waals surface area contributed by atoms with Crippen molar-refractivity contribution >= 4 is 5.91 Å². The Morgan fingerprint density at radius 2 is 2.14 bits per heavy atom. The van der Waals surface area contributed by atoms with Crippen molar-refractivity contribution in [3.8, 4) is 11.8 Å². The average molecular weight is 289 g/mol. The van der Waals surface area contributed by atoms with Crippen LogP contribution in [0.3, 0.4) is 0 Å². The zero-order valence-corrected chi connectivity index (χ0v) is 12.2. The van der Waals surface area contributed by atoms with Crippen LogP contribution in [0.1, 0.15) is 48.0 Å². The predicted octanol–water partition coefficient (Wildman–Crippen LogP) is 2.57. The van der Waals surface area contributed by atoms with Crippen molar-refractivity contribution in [3.05, 3.63) is 35.1 Å². The number of aliphatic hydroxyl groups excluding tert-OH is 1. The van der Waals surface area contributed by atoms with Gasteiger partial charge in [0.1, 0.15) is 5.82 Å². The summed E-state index contributed by atoms with van der Waals surface area (Å²) in [4.78, 5) is 14.0. The van der Waals surface area contributed by atoms with Crippen LogP contribution in [-0.4, -0.2) is 35.6 Å². The molecule has 1 fully saturated rings. The predicted molar refractivity (Wildman–Crippen MR) is 79.3 cm³/mol. The molecule has 112 valence electrons. The standard InChI is InChI=1S/C17H20FNO2/c1-19(14-7-2-3-8-14)17(21)15-10-9-13(12-16(15)18)6-4-5-11-20/h9-10,12,14,20H,2-3,5,7-8,11H2,1H3. The Hall–Kier alpha value is -1.86. The normalized spacial score (nSPS) is 14.6. The van der Waals surface area contributed by atoms with E-state index in [0.717, 1.165) is 25.7 Å². The Bertz CT molecular complexity index is 568. The van der Waals surface area contributed by atoms with E-state index >= 15 is 0 Å². The van der Waals surface area contributed by atoms with Crippen LogP contribution in [0.2, 0.25) is 0 Å². The monoisotopic (exact) mass is 289 g/mol. The van der Waals surface area contributed by atoms with Gasteiger partial charge in [0.15, 0.2) is 0 Å². The first-order valence-electron chi connectivity index (χ1n) is 7.30. The zero-order chi connectivity index (χ0) is 15.2. The molecule has 1 amide bonds. The topological polar surface area (TPSA) is 40.5 Å². The molecule has 2 rings (SSSR count). The molecule has 4 heteroatoms. The molecule has 1 N–H and O–H groups in total. The fraction of sp³-hybridized carbons (Fsp3) is 0.471. The third kappa shape index (κ3) is 3.83. The quantitative estimate of drug-likeness (QED) is 0.869. The van der Waals surface area contributed by atoms with Crippen LogP contribution in [0.25, 0.3) is 0 Å². The number of nitrogens with zero attached hydrogens (tertiary/aromatic N) is 1. The van der Waals surface area contributed by atoms with Crippen molar-refractivity contribution in [3.63, 3.8) is 0 Å². The summed E-state index contributed by atoms with van der Waals surface area (Å²) in [6.07, 6.45) is 4.60. The molecular formula is C17H20FNO2. The van der Waals surface area contributed by atoms with Crippen LogP contribution >= 0.6 is 0 Å². The summed E-state index contributed by atoms with van der Waals surface area (Å²) in [5.74, 6) is 4.68. The zero-order valence-electron chi connectivity index (χ0n) is 12.2. The molecule has 0 bridgehead atoms. The summed E-state index contributed by atoms with van der Waals surface area (Å²) < 4.78 is 14.1. The number of hydrogen-bond acceptors (Lipinski definition) is 2. The fourth-order valence-corrected chi connectivity index (χ4v) is 2.63. The molecule has 21 heavy (non-hydrogen) atoms. The van der Waals surface area contributed by atoms with E-state index in [1.807, 2.05) is 0 Å². The minimum atomic E-state index is -0.541. The Kier molecular flexibility index (Phi) is 5.35. The summed E-state index contributed by atoms with van der Waals surface area (Å²) in [6.45, 7) is -0.0156. The highest BCUT2D eigenvalue weighted by molar-refractivity contribution is 5.94. The fourth-order valence-electron chi connectivity index (χ4n) is 2.63. The lowest BCUT2D eigenvalue weighted by atomic mass is 10.1. The number of carbonyl (C=O) groups is 1. The summed E-state index contributed by atoms with van der Waals surface area (Å²) in [7, 11) is 1.74. The van der Waals surface area contributed by atoms with Gasteiger partial charge in [0.05, 0.1) is 12.2 Å². The number of rotatable bonds is 3. The average Bonchev–Trinajstić information content (AvgIpc) is 3.00. The third-order valence-electron chi connectivity index (χ3n) is 3.86. The van der Waals surface area contributed by atoms with E-state index in [-0.39, 0.29) is 24.1 Å². The molecule has 0 spiro atoms. The molecule has 0 aromatic heterocycles. The van der Waals surface area contributed by atoms with Gasteiger partial charge in [-0.25, -0.2) is 4.39 Å². The molecule has 0 radical (unpaired) electrons. The van der Waals surface area contributed by atoms with Crippen molar-refractivity contribution in [2.75, 3.05) is 13.7 Å². The van der Waals surface area contributed by atoms with E-state index < -0.39 is 5.82 Å². The molecule has 0 heterocycles. The number of aliphatic hydroxyl groups is 1. The van der Waals surface area contributed by atoms with E-state index in [1.165, 1.54) is 12.1 Å². The van der Waals surface area contributed by atoms with Crippen LogP contribution < -0.4 is 0 Å². The number of hydrogen-bond donors (Lipinski definition) is 1. The molecule has 0 saturated heterocycles. The molecule has 0 aliphatic heterocycles. The lowest BCUT2D eigenvalue weighted by Crippen LogP contribution is -2.35. The Balaban J connectivity index is 2.13. The van der Waals surface area contributed by atoms with E-state index in [4.69, 9.17) is 5.11 Å². The largest absolute Gasteiger partial charge is 0.395 e. The maximum atomic E-state index is 14.1. The third-order valence-corrected chi connectivity index (χ3v) is 3.86. The highest BCUT2D eigenvalue weighted by Gasteiger charge is 2.25. The smallest absolute Gasteiger partial charge is 0.256 e. The lowest BCUT2D eigenvalue weighted by Gasteiger charge is -2.24. The van der Waals surface area contributed by atoms with E-state index in [2.05, 4.69) is 11.8 Å². The van der Waals surface area contributed by atoms with Gasteiger partial charge in [0.25, 0.3) is 5.91 Å². The molecule has 1 aromatic carbocycles. The molecule has 1 saturated carbocycles. The Morgan fingerprint density at radius 3 is 2.76 bits per heavy atom. The van der Waals surface area contributed by atoms with Gasteiger partial charge >= 0.3 is 0 Å². The van der Waals surface area contributed by atoms with Crippen molar-refractivity contribution in [1.29, 1.82) is 0 Å². The van der Waals surface area contributed by atoms with Gasteiger partial charge in [-0.05, 0) is 31.0 Å². The van der Waals surface area contributed by atoms with Crippen LogP contribution in [0.4, 0.5) is 4.39 Å². The summed E-state index contributed by atoms with van der Waals surface area (Å²) in [6, 6.07) is 4.64. The van der Waals surface area contributed by atoms with Gasteiger partial charge in [-0.1, -0.05) is 24.7 Å². The second-order valence-electron chi connectivity index (χ2n) is 5.32. The van der Waals surface area contributed by atoms with Gasteiger partial charge in [0, 0.05) is 25.1 Å². The molecule has 1 aromatic rings. The molecule has 1 aliphatic carbocycles. The van der Waals surface area contributed by atoms with Crippen LogP contribution in [0, 0.1) is 17.7 Å².